The third-order valence-corrected chi connectivity index (χ3v) is 4.28. The lowest BCUT2D eigenvalue weighted by Crippen LogP contribution is -2.54. The average molecular weight is 285 g/mol. The number of hydrogen-bond donors (Lipinski definition) is 1. The zero-order valence-corrected chi connectivity index (χ0v) is 13.1. The van der Waals surface area contributed by atoms with Crippen molar-refractivity contribution in [1.82, 2.24) is 10.2 Å². The molecule has 1 N–H and O–H groups in total. The molecule has 1 aromatic rings. The molecule has 1 saturated heterocycles. The molecule has 0 aromatic heterocycles. The summed E-state index contributed by atoms with van der Waals surface area (Å²) in [5, 5.41) is 12.4. The van der Waals surface area contributed by atoms with Crippen molar-refractivity contribution in [1.29, 1.82) is 5.26 Å². The first-order valence-corrected chi connectivity index (χ1v) is 7.41. The number of carbonyl (C=O) groups excluding carboxylic acids is 1. The van der Waals surface area contributed by atoms with E-state index in [9.17, 15) is 10.1 Å². The van der Waals surface area contributed by atoms with Crippen LogP contribution in [-0.2, 0) is 11.2 Å². The van der Waals surface area contributed by atoms with Crippen LogP contribution < -0.4 is 5.32 Å². The molecule has 1 aliphatic rings. The van der Waals surface area contributed by atoms with Gasteiger partial charge in [0.25, 0.3) is 0 Å². The molecule has 0 saturated carbocycles. The molecule has 21 heavy (non-hydrogen) atoms. The largest absolute Gasteiger partial charge is 0.337 e. The number of piperidine rings is 1. The van der Waals surface area contributed by atoms with Gasteiger partial charge in [0.2, 0.25) is 5.91 Å². The first-order valence-electron chi connectivity index (χ1n) is 7.41. The van der Waals surface area contributed by atoms with E-state index in [4.69, 9.17) is 0 Å². The molecule has 0 radical (unpaired) electrons. The summed E-state index contributed by atoms with van der Waals surface area (Å²) in [4.78, 5) is 14.5. The van der Waals surface area contributed by atoms with Gasteiger partial charge >= 0.3 is 0 Å². The molecular formula is C17H23N3O. The van der Waals surface area contributed by atoms with Crippen LogP contribution in [0.25, 0.3) is 0 Å². The molecule has 112 valence electrons. The van der Waals surface area contributed by atoms with Crippen molar-refractivity contribution in [3.63, 3.8) is 0 Å². The van der Waals surface area contributed by atoms with E-state index in [1.54, 1.807) is 0 Å². The van der Waals surface area contributed by atoms with Crippen molar-refractivity contribution in [3.05, 3.63) is 34.9 Å². The monoisotopic (exact) mass is 285 g/mol. The number of likely N-dealkylation sites (tertiary alicyclic amines) is 1. The zero-order valence-electron chi connectivity index (χ0n) is 13.1. The van der Waals surface area contributed by atoms with Crippen LogP contribution in [0.1, 0.15) is 29.5 Å². The van der Waals surface area contributed by atoms with Crippen molar-refractivity contribution in [2.45, 2.75) is 38.6 Å². The maximum Gasteiger partial charge on any atom is 0.225 e. The first-order chi connectivity index (χ1) is 9.94. The molecule has 0 bridgehead atoms. The molecule has 4 nitrogen and oxygen atoms in total. The van der Waals surface area contributed by atoms with Crippen molar-refractivity contribution in [3.8, 4) is 6.07 Å². The Labute approximate surface area is 126 Å². The van der Waals surface area contributed by atoms with Gasteiger partial charge in [-0.2, -0.15) is 5.26 Å². The first kappa shape index (κ1) is 15.5. The van der Waals surface area contributed by atoms with Crippen LogP contribution in [0.4, 0.5) is 0 Å². The van der Waals surface area contributed by atoms with Gasteiger partial charge in [0.15, 0.2) is 0 Å². The molecule has 1 amide bonds. The normalized spacial score (nSPS) is 18.0. The summed E-state index contributed by atoms with van der Waals surface area (Å²) in [6, 6.07) is 8.42. The second-order valence-corrected chi connectivity index (χ2v) is 6.15. The Hall–Kier alpha value is -1.86. The molecule has 1 fully saturated rings. The van der Waals surface area contributed by atoms with Gasteiger partial charge in [0.05, 0.1) is 12.5 Å². The number of amides is 1. The molecule has 1 heterocycles. The minimum atomic E-state index is -0.692. The predicted octanol–water partition coefficient (Wildman–Crippen LogP) is 1.95. The number of nitrogens with zero attached hydrogens (tertiary/aromatic N) is 2. The van der Waals surface area contributed by atoms with E-state index in [-0.39, 0.29) is 5.91 Å². The van der Waals surface area contributed by atoms with E-state index in [2.05, 4.69) is 22.4 Å². The summed E-state index contributed by atoms with van der Waals surface area (Å²) in [5.74, 6) is -0.0620. The highest BCUT2D eigenvalue weighted by atomic mass is 16.1. The Morgan fingerprint density at radius 2 is 2.05 bits per heavy atom. The number of nitriles is 1. The van der Waals surface area contributed by atoms with Gasteiger partial charge in [-0.1, -0.05) is 23.8 Å². The van der Waals surface area contributed by atoms with Gasteiger partial charge < -0.3 is 10.2 Å². The molecule has 1 aliphatic heterocycles. The van der Waals surface area contributed by atoms with E-state index in [1.807, 2.05) is 33.0 Å². The van der Waals surface area contributed by atoms with Gasteiger partial charge in [-0.05, 0) is 44.9 Å². The van der Waals surface area contributed by atoms with Crippen LogP contribution in [0.5, 0.6) is 0 Å². The molecule has 0 unspecified atom stereocenters. The quantitative estimate of drug-likeness (QED) is 0.923. The lowest BCUT2D eigenvalue weighted by Gasteiger charge is -2.36. The van der Waals surface area contributed by atoms with Gasteiger partial charge in [0, 0.05) is 13.1 Å². The van der Waals surface area contributed by atoms with Gasteiger partial charge in [-0.25, -0.2) is 0 Å². The average Bonchev–Trinajstić information content (AvgIpc) is 2.45. The molecular weight excluding hydrogens is 262 g/mol. The fourth-order valence-corrected chi connectivity index (χ4v) is 2.79. The fraction of sp³-hybridized carbons (Fsp3) is 0.529. The topological polar surface area (TPSA) is 56.1 Å². The standard InChI is InChI=1S/C17H23N3O/c1-13-4-5-15(14(2)10-13)11-16(21)19-17(12-18)6-8-20(3)9-7-17/h4-5,10H,6-9,11H2,1-3H3,(H,19,21). The van der Waals surface area contributed by atoms with Gasteiger partial charge in [0.1, 0.15) is 5.54 Å². The van der Waals surface area contributed by atoms with Gasteiger partial charge in [-0.15, -0.1) is 0 Å². The van der Waals surface area contributed by atoms with Crippen LogP contribution in [0, 0.1) is 25.2 Å². The Kier molecular flexibility index (Phi) is 4.64. The third kappa shape index (κ3) is 3.83. The smallest absolute Gasteiger partial charge is 0.225 e. The summed E-state index contributed by atoms with van der Waals surface area (Å²) >= 11 is 0. The minimum Gasteiger partial charge on any atom is -0.337 e. The van der Waals surface area contributed by atoms with Crippen molar-refractivity contribution in [2.75, 3.05) is 20.1 Å². The highest BCUT2D eigenvalue weighted by Crippen LogP contribution is 2.21. The molecule has 4 heteroatoms. The summed E-state index contributed by atoms with van der Waals surface area (Å²) in [7, 11) is 2.04. The Morgan fingerprint density at radius 3 is 2.62 bits per heavy atom. The number of rotatable bonds is 3. The van der Waals surface area contributed by atoms with E-state index in [0.29, 0.717) is 19.3 Å². The van der Waals surface area contributed by atoms with Gasteiger partial charge in [-0.3, -0.25) is 4.79 Å². The van der Waals surface area contributed by atoms with Crippen LogP contribution in [0.3, 0.4) is 0 Å². The SMILES string of the molecule is Cc1ccc(CC(=O)NC2(C#N)CCN(C)CC2)c(C)c1. The number of benzene rings is 1. The van der Waals surface area contributed by atoms with E-state index >= 15 is 0 Å². The molecule has 2 rings (SSSR count). The van der Waals surface area contributed by atoms with Crippen LogP contribution in [0.15, 0.2) is 18.2 Å². The molecule has 0 spiro atoms. The molecule has 0 atom stereocenters. The van der Waals surface area contributed by atoms with E-state index < -0.39 is 5.54 Å². The highest BCUT2D eigenvalue weighted by Gasteiger charge is 2.35. The summed E-state index contributed by atoms with van der Waals surface area (Å²) in [6.07, 6.45) is 1.72. The Morgan fingerprint density at radius 1 is 1.38 bits per heavy atom. The third-order valence-electron chi connectivity index (χ3n) is 4.28. The van der Waals surface area contributed by atoms with Crippen molar-refractivity contribution >= 4 is 5.91 Å². The number of aryl methyl sites for hydroxylation is 2. The van der Waals surface area contributed by atoms with Crippen molar-refractivity contribution in [2.24, 2.45) is 0 Å². The van der Waals surface area contributed by atoms with Crippen molar-refractivity contribution < 1.29 is 4.79 Å². The Balaban J connectivity index is 2.02. The number of hydrogen-bond acceptors (Lipinski definition) is 3. The van der Waals surface area contributed by atoms with Crippen LogP contribution in [0.2, 0.25) is 0 Å². The fourth-order valence-electron chi connectivity index (χ4n) is 2.79. The highest BCUT2D eigenvalue weighted by molar-refractivity contribution is 5.80. The second kappa shape index (κ2) is 6.28. The molecule has 1 aromatic carbocycles. The predicted molar refractivity (Wildman–Crippen MR) is 82.8 cm³/mol. The summed E-state index contributed by atoms with van der Waals surface area (Å²) in [6.45, 7) is 5.75. The zero-order chi connectivity index (χ0) is 15.5. The van der Waals surface area contributed by atoms with Crippen LogP contribution in [-0.4, -0.2) is 36.5 Å². The maximum absolute atomic E-state index is 12.3. The minimum absolute atomic E-state index is 0.0620. The summed E-state index contributed by atoms with van der Waals surface area (Å²) in [5.41, 5.74) is 2.65. The number of nitrogens with one attached hydrogen (secondary N) is 1. The van der Waals surface area contributed by atoms with E-state index in [0.717, 1.165) is 24.2 Å². The molecule has 0 aliphatic carbocycles. The lowest BCUT2D eigenvalue weighted by molar-refractivity contribution is -0.122. The lowest BCUT2D eigenvalue weighted by atomic mass is 9.88. The number of carbonyl (C=O) groups is 1. The van der Waals surface area contributed by atoms with Crippen LogP contribution >= 0.6 is 0 Å². The Bertz CT molecular complexity index is 566. The maximum atomic E-state index is 12.3. The van der Waals surface area contributed by atoms with E-state index in [1.165, 1.54) is 5.56 Å². The summed E-state index contributed by atoms with van der Waals surface area (Å²) < 4.78 is 0. The second-order valence-electron chi connectivity index (χ2n) is 6.15.